The van der Waals surface area contributed by atoms with Gasteiger partial charge in [0, 0.05) is 6.04 Å². The summed E-state index contributed by atoms with van der Waals surface area (Å²) in [5.41, 5.74) is 7.35. The lowest BCUT2D eigenvalue weighted by Gasteiger charge is -2.41. The van der Waals surface area contributed by atoms with Gasteiger partial charge in [-0.25, -0.2) is 0 Å². The van der Waals surface area contributed by atoms with Gasteiger partial charge in [0.25, 0.3) is 0 Å². The molecule has 21 heavy (non-hydrogen) atoms. The first-order valence-electron chi connectivity index (χ1n) is 7.98. The van der Waals surface area contributed by atoms with E-state index in [1.165, 1.54) is 31.2 Å². The Morgan fingerprint density at radius 2 is 1.95 bits per heavy atom. The van der Waals surface area contributed by atoms with Gasteiger partial charge >= 0.3 is 0 Å². The number of nitrogens with two attached hydrogens (primary N) is 1. The number of rotatable bonds is 4. The van der Waals surface area contributed by atoms with E-state index < -0.39 is 0 Å². The summed E-state index contributed by atoms with van der Waals surface area (Å²) in [5, 5.41) is 0. The number of ether oxygens (including phenoxy) is 1. The molecule has 114 valence electrons. The Balaban J connectivity index is 1.87. The van der Waals surface area contributed by atoms with Crippen molar-refractivity contribution in [2.75, 3.05) is 13.2 Å². The van der Waals surface area contributed by atoms with Crippen LogP contribution in [0.5, 0.6) is 5.75 Å². The Labute approximate surface area is 127 Å². The molecular weight excluding hydrogens is 262 g/mol. The molecule has 1 aliphatic heterocycles. The third kappa shape index (κ3) is 2.47. The molecule has 0 amide bonds. The van der Waals surface area contributed by atoms with Crippen molar-refractivity contribution in [1.82, 2.24) is 4.90 Å². The molecule has 1 aromatic carbocycles. The highest BCUT2D eigenvalue weighted by Gasteiger charge is 2.43. The predicted molar refractivity (Wildman–Crippen MR) is 85.5 cm³/mol. The second-order valence-corrected chi connectivity index (χ2v) is 6.21. The van der Waals surface area contributed by atoms with E-state index in [9.17, 15) is 0 Å². The van der Waals surface area contributed by atoms with Gasteiger partial charge in [-0.05, 0) is 44.4 Å². The molecule has 1 aromatic rings. The zero-order valence-electron chi connectivity index (χ0n) is 13.0. The smallest absolute Gasteiger partial charge is 0.192 e. The number of aliphatic imine (C=N–C) groups is 1. The first kappa shape index (κ1) is 14.2. The Bertz CT molecular complexity index is 519. The SMILES string of the molecule is CCOc1ccc(C2(C)CN=C(N)N2C2CCCC2)cc1. The molecule has 2 aliphatic rings. The highest BCUT2D eigenvalue weighted by atomic mass is 16.5. The van der Waals surface area contributed by atoms with Crippen LogP contribution in [0.4, 0.5) is 0 Å². The van der Waals surface area contributed by atoms with E-state index in [1.54, 1.807) is 0 Å². The molecule has 0 aromatic heterocycles. The lowest BCUT2D eigenvalue weighted by Crippen LogP contribution is -2.52. The minimum atomic E-state index is -0.121. The first-order chi connectivity index (χ1) is 10.1. The van der Waals surface area contributed by atoms with Gasteiger partial charge in [-0.2, -0.15) is 0 Å². The molecule has 1 saturated carbocycles. The maximum Gasteiger partial charge on any atom is 0.192 e. The monoisotopic (exact) mass is 287 g/mol. The lowest BCUT2D eigenvalue weighted by molar-refractivity contribution is 0.167. The van der Waals surface area contributed by atoms with E-state index >= 15 is 0 Å². The fraction of sp³-hybridized carbons (Fsp3) is 0.588. The van der Waals surface area contributed by atoms with Crippen molar-refractivity contribution in [3.63, 3.8) is 0 Å². The summed E-state index contributed by atoms with van der Waals surface area (Å²) in [7, 11) is 0. The highest BCUT2D eigenvalue weighted by Crippen LogP contribution is 2.39. The Morgan fingerprint density at radius 1 is 1.29 bits per heavy atom. The van der Waals surface area contributed by atoms with Gasteiger partial charge in [0.05, 0.1) is 18.7 Å². The van der Waals surface area contributed by atoms with Gasteiger partial charge in [-0.3, -0.25) is 4.99 Å². The number of guanidine groups is 1. The Kier molecular flexibility index (Phi) is 3.79. The van der Waals surface area contributed by atoms with E-state index in [2.05, 4.69) is 28.9 Å². The lowest BCUT2D eigenvalue weighted by atomic mass is 9.89. The fourth-order valence-corrected chi connectivity index (χ4v) is 3.70. The molecule has 1 heterocycles. The van der Waals surface area contributed by atoms with E-state index in [1.807, 2.05) is 19.1 Å². The molecule has 4 heteroatoms. The zero-order valence-corrected chi connectivity index (χ0v) is 13.0. The van der Waals surface area contributed by atoms with Crippen molar-refractivity contribution >= 4 is 5.96 Å². The van der Waals surface area contributed by atoms with Crippen LogP contribution in [0.3, 0.4) is 0 Å². The quantitative estimate of drug-likeness (QED) is 0.926. The van der Waals surface area contributed by atoms with Crippen LogP contribution in [-0.2, 0) is 5.54 Å². The van der Waals surface area contributed by atoms with Gasteiger partial charge in [0.1, 0.15) is 5.75 Å². The summed E-state index contributed by atoms with van der Waals surface area (Å²) in [6.07, 6.45) is 5.05. The van der Waals surface area contributed by atoms with Gasteiger partial charge in [0.2, 0.25) is 0 Å². The average molecular weight is 287 g/mol. The molecule has 3 rings (SSSR count). The summed E-state index contributed by atoms with van der Waals surface area (Å²) < 4.78 is 5.54. The molecule has 0 radical (unpaired) electrons. The van der Waals surface area contributed by atoms with Crippen molar-refractivity contribution in [3.8, 4) is 5.75 Å². The van der Waals surface area contributed by atoms with Crippen molar-refractivity contribution in [2.24, 2.45) is 10.7 Å². The normalized spacial score (nSPS) is 26.2. The number of nitrogens with zero attached hydrogens (tertiary/aromatic N) is 2. The van der Waals surface area contributed by atoms with Crippen molar-refractivity contribution in [1.29, 1.82) is 0 Å². The van der Waals surface area contributed by atoms with E-state index in [-0.39, 0.29) is 5.54 Å². The summed E-state index contributed by atoms with van der Waals surface area (Å²) in [5.74, 6) is 1.63. The zero-order chi connectivity index (χ0) is 14.9. The topological polar surface area (TPSA) is 50.9 Å². The molecule has 1 atom stereocenters. The van der Waals surface area contributed by atoms with Crippen LogP contribution >= 0.6 is 0 Å². The fourth-order valence-electron chi connectivity index (χ4n) is 3.70. The molecule has 0 spiro atoms. The van der Waals surface area contributed by atoms with Crippen molar-refractivity contribution in [2.45, 2.75) is 51.1 Å². The van der Waals surface area contributed by atoms with Crippen LogP contribution in [0.2, 0.25) is 0 Å². The molecule has 1 aliphatic carbocycles. The van der Waals surface area contributed by atoms with Gasteiger partial charge in [-0.15, -0.1) is 0 Å². The van der Waals surface area contributed by atoms with Crippen LogP contribution in [0.25, 0.3) is 0 Å². The van der Waals surface area contributed by atoms with Crippen molar-refractivity contribution < 1.29 is 4.74 Å². The Morgan fingerprint density at radius 3 is 2.57 bits per heavy atom. The molecule has 4 nitrogen and oxygen atoms in total. The second kappa shape index (κ2) is 5.58. The van der Waals surface area contributed by atoms with Gasteiger partial charge in [0.15, 0.2) is 5.96 Å². The predicted octanol–water partition coefficient (Wildman–Crippen LogP) is 2.87. The first-order valence-corrected chi connectivity index (χ1v) is 7.98. The molecule has 1 fully saturated rings. The maximum absolute atomic E-state index is 6.20. The largest absolute Gasteiger partial charge is 0.494 e. The summed E-state index contributed by atoms with van der Waals surface area (Å²) in [6.45, 7) is 5.69. The van der Waals surface area contributed by atoms with E-state index in [0.29, 0.717) is 18.6 Å². The highest BCUT2D eigenvalue weighted by molar-refractivity contribution is 5.81. The third-order valence-electron chi connectivity index (χ3n) is 4.80. The number of hydrogen-bond acceptors (Lipinski definition) is 4. The Hall–Kier alpha value is -1.71. The van der Waals surface area contributed by atoms with Crippen LogP contribution in [0, 0.1) is 0 Å². The molecule has 1 unspecified atom stereocenters. The average Bonchev–Trinajstić information content (AvgIpc) is 3.09. The van der Waals surface area contributed by atoms with E-state index in [0.717, 1.165) is 12.3 Å². The van der Waals surface area contributed by atoms with Crippen LogP contribution in [0.1, 0.15) is 45.1 Å². The molecule has 2 N–H and O–H groups in total. The van der Waals surface area contributed by atoms with Crippen LogP contribution in [-0.4, -0.2) is 30.1 Å². The summed E-state index contributed by atoms with van der Waals surface area (Å²) >= 11 is 0. The molecular formula is C17H25N3O. The van der Waals surface area contributed by atoms with Crippen molar-refractivity contribution in [3.05, 3.63) is 29.8 Å². The third-order valence-corrected chi connectivity index (χ3v) is 4.80. The summed E-state index contributed by atoms with van der Waals surface area (Å²) in [4.78, 5) is 6.90. The summed E-state index contributed by atoms with van der Waals surface area (Å²) in [6, 6.07) is 8.94. The molecule has 0 saturated heterocycles. The number of hydrogen-bond donors (Lipinski definition) is 1. The van der Waals surface area contributed by atoms with Crippen LogP contribution in [0.15, 0.2) is 29.3 Å². The second-order valence-electron chi connectivity index (χ2n) is 6.21. The minimum absolute atomic E-state index is 0.121. The van der Waals surface area contributed by atoms with E-state index in [4.69, 9.17) is 10.5 Å². The minimum Gasteiger partial charge on any atom is -0.494 e. The molecule has 0 bridgehead atoms. The van der Waals surface area contributed by atoms with Gasteiger partial charge < -0.3 is 15.4 Å². The number of benzene rings is 1. The maximum atomic E-state index is 6.20. The van der Waals surface area contributed by atoms with Crippen LogP contribution < -0.4 is 10.5 Å². The van der Waals surface area contributed by atoms with Gasteiger partial charge in [-0.1, -0.05) is 25.0 Å². The standard InChI is InChI=1S/C17H25N3O/c1-3-21-15-10-8-13(9-11-15)17(2)12-19-16(18)20(17)14-6-4-5-7-14/h8-11,14H,3-7,12H2,1-2H3,(H2,18,19).